The van der Waals surface area contributed by atoms with E-state index < -0.39 is 0 Å². The summed E-state index contributed by atoms with van der Waals surface area (Å²) in [6.45, 7) is 2.85. The fourth-order valence-corrected chi connectivity index (χ4v) is 10.2. The number of hydrogen-bond donors (Lipinski definition) is 2. The number of benzene rings is 2. The number of halogens is 3. The molecule has 2 aliphatic heterocycles. The number of likely N-dealkylation sites (tertiary alicyclic amines) is 2. The molecular weight excluding hydrogens is 919 g/mol. The lowest BCUT2D eigenvalue weighted by Gasteiger charge is -2.30. The molecule has 4 N–H and O–H groups in total. The van der Waals surface area contributed by atoms with Gasteiger partial charge < -0.3 is 21.3 Å². The Labute approximate surface area is 397 Å². The number of nitrogen functional groups attached to an aromatic ring is 2. The summed E-state index contributed by atoms with van der Waals surface area (Å²) < 4.78 is 0.668. The van der Waals surface area contributed by atoms with Crippen LogP contribution in [0, 0.1) is 0 Å². The minimum atomic E-state index is 0.160. The molecule has 2 amide bonds. The molecule has 0 spiro atoms. The number of anilines is 2. The van der Waals surface area contributed by atoms with E-state index in [0.29, 0.717) is 41.9 Å². The number of carbonyl (C=O) groups excluding carboxylic acids is 2. The highest BCUT2D eigenvalue weighted by Gasteiger charge is 2.29. The van der Waals surface area contributed by atoms with Gasteiger partial charge in [-0.15, -0.1) is 0 Å². The van der Waals surface area contributed by atoms with Gasteiger partial charge in [0.2, 0.25) is 11.8 Å². The van der Waals surface area contributed by atoms with Crippen LogP contribution in [0.4, 0.5) is 11.4 Å². The van der Waals surface area contributed by atoms with Crippen molar-refractivity contribution < 1.29 is 9.59 Å². The van der Waals surface area contributed by atoms with Crippen molar-refractivity contribution in [3.63, 3.8) is 0 Å². The van der Waals surface area contributed by atoms with Crippen LogP contribution in [-0.4, -0.2) is 67.7 Å². The average molecular weight is 969 g/mol. The molecule has 10 rings (SSSR count). The van der Waals surface area contributed by atoms with E-state index in [-0.39, 0.29) is 11.8 Å². The van der Waals surface area contributed by atoms with Crippen molar-refractivity contribution in [3.8, 4) is 0 Å². The van der Waals surface area contributed by atoms with Gasteiger partial charge in [-0.25, -0.2) is 4.98 Å². The molecule has 0 unspecified atom stereocenters. The van der Waals surface area contributed by atoms with Crippen LogP contribution < -0.4 is 11.5 Å². The molecule has 2 fully saturated rings. The number of rotatable bonds is 4. The monoisotopic (exact) mass is 966 g/mol. The number of aromatic nitrogens is 4. The highest BCUT2D eigenvalue weighted by atomic mass is 79.9. The van der Waals surface area contributed by atoms with E-state index in [9.17, 15) is 9.59 Å². The van der Waals surface area contributed by atoms with Crippen molar-refractivity contribution in [2.45, 2.75) is 64.2 Å². The Morgan fingerprint density at radius 2 is 1.02 bits per heavy atom. The molecule has 65 heavy (non-hydrogen) atoms. The average Bonchev–Trinajstić information content (AvgIpc) is 3.57. The summed E-state index contributed by atoms with van der Waals surface area (Å²) in [7, 11) is 0. The molecule has 10 nitrogen and oxygen atoms in total. The Morgan fingerprint density at radius 1 is 0.569 bits per heavy atom. The van der Waals surface area contributed by atoms with Gasteiger partial charge in [0.15, 0.2) is 0 Å². The Bertz CT molecular complexity index is 2780. The summed E-state index contributed by atoms with van der Waals surface area (Å²) in [5.74, 6) is 0.326. The second kappa shape index (κ2) is 19.7. The summed E-state index contributed by atoms with van der Waals surface area (Å²) in [6, 6.07) is 23.9. The van der Waals surface area contributed by atoms with Gasteiger partial charge in [0.1, 0.15) is 4.60 Å². The lowest BCUT2D eigenvalue weighted by atomic mass is 9.88. The van der Waals surface area contributed by atoms with E-state index >= 15 is 0 Å². The van der Waals surface area contributed by atoms with Crippen LogP contribution in [0.25, 0.3) is 11.1 Å². The molecule has 6 aromatic rings. The molecule has 4 aliphatic rings. The third-order valence-electron chi connectivity index (χ3n) is 12.9. The number of piperidine rings is 2. The molecule has 330 valence electrons. The zero-order chi connectivity index (χ0) is 45.0. The van der Waals surface area contributed by atoms with E-state index in [2.05, 4.69) is 50.2 Å². The fourth-order valence-electron chi connectivity index (χ4n) is 9.56. The molecule has 0 radical (unpaired) electrons. The van der Waals surface area contributed by atoms with Gasteiger partial charge in [-0.1, -0.05) is 46.5 Å². The molecule has 0 saturated carbocycles. The summed E-state index contributed by atoms with van der Waals surface area (Å²) in [5, 5.41) is 1.50. The first-order valence-corrected chi connectivity index (χ1v) is 23.7. The van der Waals surface area contributed by atoms with Crippen molar-refractivity contribution in [2.75, 3.05) is 37.6 Å². The van der Waals surface area contributed by atoms with E-state index in [0.717, 1.165) is 103 Å². The third-order valence-corrected chi connectivity index (χ3v) is 14.0. The Morgan fingerprint density at radius 3 is 1.51 bits per heavy atom. The Balaban J connectivity index is 0.000000164. The highest BCUT2D eigenvalue weighted by Crippen LogP contribution is 2.41. The van der Waals surface area contributed by atoms with Crippen molar-refractivity contribution in [2.24, 2.45) is 0 Å². The number of nitrogens with two attached hydrogens (primary N) is 2. The van der Waals surface area contributed by atoms with E-state index in [1.54, 1.807) is 31.0 Å². The molecule has 13 heteroatoms. The smallest absolute Gasteiger partial charge is 0.227 e. The van der Waals surface area contributed by atoms with Crippen LogP contribution in [0.15, 0.2) is 120 Å². The van der Waals surface area contributed by atoms with Crippen LogP contribution >= 0.6 is 39.1 Å². The minimum absolute atomic E-state index is 0.160. The Kier molecular flexibility index (Phi) is 13.4. The zero-order valence-corrected chi connectivity index (χ0v) is 39.1. The van der Waals surface area contributed by atoms with E-state index in [4.69, 9.17) is 44.6 Å². The molecule has 2 saturated heterocycles. The maximum absolute atomic E-state index is 12.9. The van der Waals surface area contributed by atoms with Crippen LogP contribution in [-0.2, 0) is 48.1 Å². The number of amides is 2. The topological polar surface area (TPSA) is 144 Å². The van der Waals surface area contributed by atoms with Gasteiger partial charge in [0.25, 0.3) is 0 Å². The van der Waals surface area contributed by atoms with Crippen LogP contribution in [0.1, 0.15) is 81.6 Å². The van der Waals surface area contributed by atoms with Gasteiger partial charge in [0, 0.05) is 72.2 Å². The SMILES string of the molecule is Nc1cc2c(nc1Br)C(=C1CCN(C(=O)Cc3ccncc3)CC1)c1ccc(Cl)cc1CC2.Nc1cnc2c(c1)CCc1cc(Cl)ccc1C2=C1CCN(C(=O)Cc2ccncc2)CC1. The van der Waals surface area contributed by atoms with Crippen LogP contribution in [0.3, 0.4) is 0 Å². The van der Waals surface area contributed by atoms with Crippen molar-refractivity contribution in [3.05, 3.63) is 185 Å². The van der Waals surface area contributed by atoms with E-state index in [1.165, 1.54) is 50.1 Å². The number of aryl methyl sites for hydroxylation is 4. The van der Waals surface area contributed by atoms with Crippen molar-refractivity contribution >= 4 is 73.5 Å². The van der Waals surface area contributed by atoms with Crippen LogP contribution in [0.2, 0.25) is 10.0 Å². The molecule has 4 aromatic heterocycles. The summed E-state index contributed by atoms with van der Waals surface area (Å²) >= 11 is 16.2. The summed E-state index contributed by atoms with van der Waals surface area (Å²) in [4.78, 5) is 47.3. The predicted molar refractivity (Wildman–Crippen MR) is 262 cm³/mol. The third kappa shape index (κ3) is 10.0. The number of carbonyl (C=O) groups is 2. The normalized spacial score (nSPS) is 15.7. The first-order chi connectivity index (χ1) is 31.6. The van der Waals surface area contributed by atoms with Crippen molar-refractivity contribution in [1.82, 2.24) is 29.7 Å². The maximum Gasteiger partial charge on any atom is 0.227 e. The lowest BCUT2D eigenvalue weighted by molar-refractivity contribution is -0.131. The largest absolute Gasteiger partial charge is 0.397 e. The van der Waals surface area contributed by atoms with Gasteiger partial charge in [-0.05, 0) is 172 Å². The maximum atomic E-state index is 12.9. The summed E-state index contributed by atoms with van der Waals surface area (Å²) in [5.41, 5.74) is 29.8. The molecule has 0 atom stereocenters. The predicted octanol–water partition coefficient (Wildman–Crippen LogP) is 9.72. The molecule has 2 aliphatic carbocycles. The standard InChI is InChI=1S/C26H24BrClN4O.C26H25ClN4O/c27-26-22(29)15-19-2-1-18-14-20(28)3-4-21(18)24(25(19)31-26)17-7-11-32(12-8-17)23(33)13-16-5-9-30-10-6-16;27-21-3-4-23-19(14-21)1-2-20-15-22(28)16-30-26(20)25(23)18-7-11-31(12-8-18)24(32)13-17-5-9-29-10-6-17/h3-6,9-10,14-15H,1-2,7-8,11-13,29H2;3-6,9-10,14-16H,1-2,7-8,11-13,28H2. The summed E-state index contributed by atoms with van der Waals surface area (Å²) in [6.07, 6.45) is 16.3. The minimum Gasteiger partial charge on any atom is -0.397 e. The van der Waals surface area contributed by atoms with Gasteiger partial charge in [0.05, 0.1) is 41.8 Å². The van der Waals surface area contributed by atoms with Gasteiger partial charge in [-0.2, -0.15) is 0 Å². The first kappa shape index (κ1) is 44.3. The quantitative estimate of drug-likeness (QED) is 0.166. The molecule has 2 aromatic carbocycles. The van der Waals surface area contributed by atoms with Crippen LogP contribution in [0.5, 0.6) is 0 Å². The lowest BCUT2D eigenvalue weighted by Crippen LogP contribution is -2.37. The van der Waals surface area contributed by atoms with Gasteiger partial charge >= 0.3 is 0 Å². The first-order valence-electron chi connectivity index (χ1n) is 22.1. The Hall–Kier alpha value is -5.88. The number of fused-ring (bicyclic) bond motifs is 4. The number of nitrogens with zero attached hydrogens (tertiary/aromatic N) is 6. The fraction of sp³-hybridized carbons (Fsp3) is 0.269. The van der Waals surface area contributed by atoms with E-state index in [1.807, 2.05) is 58.3 Å². The molecular formula is C52H49BrCl2N8O2. The van der Waals surface area contributed by atoms with Gasteiger partial charge in [-0.3, -0.25) is 24.5 Å². The number of pyridine rings is 4. The molecule has 0 bridgehead atoms. The second-order valence-corrected chi connectivity index (χ2v) is 18.7. The highest BCUT2D eigenvalue weighted by molar-refractivity contribution is 9.10. The molecule has 6 heterocycles. The zero-order valence-electron chi connectivity index (χ0n) is 36.0. The van der Waals surface area contributed by atoms with Crippen molar-refractivity contribution in [1.29, 1.82) is 0 Å². The second-order valence-electron chi connectivity index (χ2n) is 17.0. The number of hydrogen-bond acceptors (Lipinski definition) is 8.